The predicted octanol–water partition coefficient (Wildman–Crippen LogP) is 0.113. The molecule has 6 heteroatoms. The van der Waals surface area contributed by atoms with Gasteiger partial charge in [-0.2, -0.15) is 0 Å². The van der Waals surface area contributed by atoms with Crippen LogP contribution in [0.2, 0.25) is 5.02 Å². The van der Waals surface area contributed by atoms with Gasteiger partial charge in [0, 0.05) is 18.0 Å². The van der Waals surface area contributed by atoms with Crippen LogP contribution in [-0.4, -0.2) is 41.5 Å². The van der Waals surface area contributed by atoms with Crippen LogP contribution in [0.3, 0.4) is 0 Å². The molecule has 5 nitrogen and oxygen atoms in total. The van der Waals surface area contributed by atoms with Gasteiger partial charge >= 0.3 is 0 Å². The van der Waals surface area contributed by atoms with Gasteiger partial charge in [-0.05, 0) is 23.8 Å². The first kappa shape index (κ1) is 13.1. The van der Waals surface area contributed by atoms with E-state index in [0.29, 0.717) is 17.2 Å². The van der Waals surface area contributed by atoms with Gasteiger partial charge < -0.3 is 20.3 Å². The zero-order valence-electron chi connectivity index (χ0n) is 9.60. The van der Waals surface area contributed by atoms with Crippen LogP contribution in [-0.2, 0) is 11.2 Å². The molecule has 1 aliphatic heterocycles. The number of fused-ring (bicyclic) bond motifs is 1. The minimum Gasteiger partial charge on any atom is -0.480 e. The maximum absolute atomic E-state index is 11.8. The molecular weight excluding hydrogens is 258 g/mol. The lowest BCUT2D eigenvalue weighted by Gasteiger charge is -2.13. The van der Waals surface area contributed by atoms with Gasteiger partial charge in [0.2, 0.25) is 0 Å². The fourth-order valence-corrected chi connectivity index (χ4v) is 1.95. The van der Waals surface area contributed by atoms with Crippen molar-refractivity contribution in [1.29, 1.82) is 0 Å². The highest BCUT2D eigenvalue weighted by molar-refractivity contribution is 6.30. The minimum absolute atomic E-state index is 0.00624. The zero-order valence-corrected chi connectivity index (χ0v) is 10.4. The molecule has 1 aliphatic rings. The van der Waals surface area contributed by atoms with E-state index in [4.69, 9.17) is 26.6 Å². The smallest absolute Gasteiger partial charge is 0.261 e. The Morgan fingerprint density at radius 2 is 2.39 bits per heavy atom. The molecule has 18 heavy (non-hydrogen) atoms. The summed E-state index contributed by atoms with van der Waals surface area (Å²) in [6.07, 6.45) is -1.10. The first-order valence-electron chi connectivity index (χ1n) is 5.62. The van der Waals surface area contributed by atoms with Crippen LogP contribution in [0.4, 0.5) is 0 Å². The number of hydrogen-bond acceptors (Lipinski definition) is 4. The third kappa shape index (κ3) is 2.93. The van der Waals surface area contributed by atoms with E-state index in [1.807, 2.05) is 0 Å². The van der Waals surface area contributed by atoms with E-state index in [0.717, 1.165) is 5.56 Å². The molecule has 0 bridgehead atoms. The van der Waals surface area contributed by atoms with Crippen molar-refractivity contribution in [2.75, 3.05) is 13.2 Å². The second kappa shape index (κ2) is 5.56. The summed E-state index contributed by atoms with van der Waals surface area (Å²) in [5.41, 5.74) is 0.894. The van der Waals surface area contributed by atoms with Gasteiger partial charge in [-0.15, -0.1) is 0 Å². The summed E-state index contributed by atoms with van der Waals surface area (Å²) in [6.45, 7) is -0.381. The van der Waals surface area contributed by atoms with E-state index >= 15 is 0 Å². The van der Waals surface area contributed by atoms with Crippen LogP contribution in [0.15, 0.2) is 18.2 Å². The number of hydrogen-bond donors (Lipinski definition) is 3. The molecule has 1 aromatic carbocycles. The van der Waals surface area contributed by atoms with Crippen LogP contribution in [0.25, 0.3) is 0 Å². The summed E-state index contributed by atoms with van der Waals surface area (Å²) in [7, 11) is 0. The highest BCUT2D eigenvalue weighted by atomic mass is 35.5. The largest absolute Gasteiger partial charge is 0.480 e. The quantitative estimate of drug-likeness (QED) is 0.726. The maximum Gasteiger partial charge on any atom is 0.261 e. The Morgan fingerprint density at radius 1 is 1.61 bits per heavy atom. The molecule has 0 fully saturated rings. The maximum atomic E-state index is 11.8. The Balaban J connectivity index is 1.92. The summed E-state index contributed by atoms with van der Waals surface area (Å²) < 4.78 is 5.47. The third-order valence-electron chi connectivity index (χ3n) is 2.71. The molecule has 98 valence electrons. The molecule has 2 atom stereocenters. The van der Waals surface area contributed by atoms with Crippen LogP contribution >= 0.6 is 11.6 Å². The summed E-state index contributed by atoms with van der Waals surface area (Å²) in [5, 5.41) is 20.9. The molecule has 0 aliphatic carbocycles. The van der Waals surface area contributed by atoms with E-state index < -0.39 is 12.2 Å². The minimum atomic E-state index is -0.952. The normalized spacial score (nSPS) is 18.9. The van der Waals surface area contributed by atoms with E-state index in [1.54, 1.807) is 18.2 Å². The van der Waals surface area contributed by atoms with Crippen molar-refractivity contribution in [3.8, 4) is 5.75 Å². The zero-order chi connectivity index (χ0) is 13.1. The highest BCUT2D eigenvalue weighted by Gasteiger charge is 2.29. The van der Waals surface area contributed by atoms with Crippen molar-refractivity contribution in [2.24, 2.45) is 0 Å². The topological polar surface area (TPSA) is 78.8 Å². The molecule has 1 amide bonds. The Bertz CT molecular complexity index is 452. The monoisotopic (exact) mass is 271 g/mol. The summed E-state index contributed by atoms with van der Waals surface area (Å²) in [4.78, 5) is 11.8. The molecule has 0 aromatic heterocycles. The van der Waals surface area contributed by atoms with Gasteiger partial charge in [0.25, 0.3) is 5.91 Å². The highest BCUT2D eigenvalue weighted by Crippen LogP contribution is 2.30. The Morgan fingerprint density at radius 3 is 3.11 bits per heavy atom. The van der Waals surface area contributed by atoms with Gasteiger partial charge in [0.15, 0.2) is 6.10 Å². The van der Waals surface area contributed by atoms with Crippen LogP contribution in [0, 0.1) is 0 Å². The number of halogens is 1. The van der Waals surface area contributed by atoms with E-state index in [-0.39, 0.29) is 19.1 Å². The number of carbonyl (C=O) groups is 1. The molecule has 0 spiro atoms. The predicted molar refractivity (Wildman–Crippen MR) is 65.7 cm³/mol. The van der Waals surface area contributed by atoms with Gasteiger partial charge in [0.05, 0.1) is 12.7 Å². The van der Waals surface area contributed by atoms with Gasteiger partial charge in [-0.3, -0.25) is 4.79 Å². The molecule has 1 heterocycles. The first-order valence-corrected chi connectivity index (χ1v) is 5.99. The number of nitrogens with one attached hydrogen (secondary N) is 1. The van der Waals surface area contributed by atoms with Gasteiger partial charge in [-0.1, -0.05) is 11.6 Å². The molecule has 1 aromatic rings. The lowest BCUT2D eigenvalue weighted by molar-refractivity contribution is -0.127. The lowest BCUT2D eigenvalue weighted by Crippen LogP contribution is -2.41. The number of amides is 1. The Labute approximate surface area is 109 Å². The lowest BCUT2D eigenvalue weighted by atomic mass is 10.1. The Hall–Kier alpha value is -1.30. The van der Waals surface area contributed by atoms with E-state index in [2.05, 4.69) is 5.32 Å². The van der Waals surface area contributed by atoms with E-state index in [9.17, 15) is 4.79 Å². The summed E-state index contributed by atoms with van der Waals surface area (Å²) in [6, 6.07) is 5.20. The van der Waals surface area contributed by atoms with Crippen molar-refractivity contribution in [1.82, 2.24) is 5.32 Å². The van der Waals surface area contributed by atoms with Crippen molar-refractivity contribution in [2.45, 2.75) is 18.6 Å². The van der Waals surface area contributed by atoms with Gasteiger partial charge in [0.1, 0.15) is 5.75 Å². The number of benzene rings is 1. The molecule has 3 N–H and O–H groups in total. The summed E-state index contributed by atoms with van der Waals surface area (Å²) in [5.74, 6) is 0.345. The van der Waals surface area contributed by atoms with Crippen LogP contribution in [0.1, 0.15) is 5.56 Å². The molecule has 2 unspecified atom stereocenters. The summed E-state index contributed by atoms with van der Waals surface area (Å²) >= 11 is 5.86. The Kier molecular flexibility index (Phi) is 4.06. The fourth-order valence-electron chi connectivity index (χ4n) is 1.76. The molecule has 0 saturated carbocycles. The average Bonchev–Trinajstić information content (AvgIpc) is 2.78. The van der Waals surface area contributed by atoms with Crippen molar-refractivity contribution in [3.63, 3.8) is 0 Å². The van der Waals surface area contributed by atoms with Crippen molar-refractivity contribution >= 4 is 17.5 Å². The SMILES string of the molecule is O=C(NCC(O)CO)C1Cc2cc(Cl)ccc2O1. The van der Waals surface area contributed by atoms with Crippen molar-refractivity contribution in [3.05, 3.63) is 28.8 Å². The average molecular weight is 272 g/mol. The number of rotatable bonds is 4. The van der Waals surface area contributed by atoms with Crippen LogP contribution < -0.4 is 10.1 Å². The second-order valence-corrected chi connectivity index (χ2v) is 4.58. The molecule has 2 rings (SSSR count). The number of carbonyl (C=O) groups excluding carboxylic acids is 1. The molecule has 0 radical (unpaired) electrons. The van der Waals surface area contributed by atoms with Crippen LogP contribution in [0.5, 0.6) is 5.75 Å². The number of aliphatic hydroxyl groups is 2. The fraction of sp³-hybridized carbons (Fsp3) is 0.417. The van der Waals surface area contributed by atoms with E-state index in [1.165, 1.54) is 0 Å². The number of ether oxygens (including phenoxy) is 1. The second-order valence-electron chi connectivity index (χ2n) is 4.14. The molecular formula is C12H14ClNO4. The third-order valence-corrected chi connectivity index (χ3v) is 2.95. The van der Waals surface area contributed by atoms with Crippen molar-refractivity contribution < 1.29 is 19.7 Å². The van der Waals surface area contributed by atoms with Gasteiger partial charge in [-0.25, -0.2) is 0 Å². The molecule has 0 saturated heterocycles. The standard InChI is InChI=1S/C12H14ClNO4/c13-8-1-2-10-7(3-8)4-11(18-10)12(17)14-5-9(16)6-15/h1-3,9,11,15-16H,4-6H2,(H,14,17). The first-order chi connectivity index (χ1) is 8.60. The number of aliphatic hydroxyl groups excluding tert-OH is 2.